The molecule has 1 saturated heterocycles. The molecule has 1 amide bonds. The molecule has 1 aliphatic heterocycles. The smallest absolute Gasteiger partial charge is 0.258 e. The molecule has 0 aliphatic carbocycles. The van der Waals surface area contributed by atoms with Crippen molar-refractivity contribution >= 4 is 23.2 Å². The van der Waals surface area contributed by atoms with E-state index in [1.165, 1.54) is 0 Å². The molecule has 22 heavy (non-hydrogen) atoms. The van der Waals surface area contributed by atoms with E-state index < -0.39 is 0 Å². The molecule has 1 heterocycles. The summed E-state index contributed by atoms with van der Waals surface area (Å²) in [6.07, 6.45) is 1.90. The maximum absolute atomic E-state index is 12.0. The Balaban J connectivity index is 2.00. The highest BCUT2D eigenvalue weighted by atomic mass is 35.5. The fourth-order valence-electron chi connectivity index (χ4n) is 2.65. The van der Waals surface area contributed by atoms with Crippen molar-refractivity contribution in [2.24, 2.45) is 0 Å². The van der Waals surface area contributed by atoms with Gasteiger partial charge in [-0.2, -0.15) is 0 Å². The van der Waals surface area contributed by atoms with Gasteiger partial charge in [0.1, 0.15) is 5.75 Å². The number of amides is 1. The lowest BCUT2D eigenvalue weighted by atomic mass is 10.0. The van der Waals surface area contributed by atoms with Crippen LogP contribution in [0, 0.1) is 20.8 Å². The zero-order chi connectivity index (χ0) is 16.3. The molecule has 5 nitrogen and oxygen atoms in total. The molecule has 6 heteroatoms. The van der Waals surface area contributed by atoms with Crippen molar-refractivity contribution < 1.29 is 9.53 Å². The van der Waals surface area contributed by atoms with Crippen molar-refractivity contribution in [3.05, 3.63) is 21.7 Å². The van der Waals surface area contributed by atoms with Crippen LogP contribution in [-0.2, 0) is 4.79 Å². The second-order valence-corrected chi connectivity index (χ2v) is 6.19. The van der Waals surface area contributed by atoms with Crippen LogP contribution in [0.3, 0.4) is 0 Å². The maximum Gasteiger partial charge on any atom is 0.258 e. The van der Waals surface area contributed by atoms with E-state index in [4.69, 9.17) is 22.1 Å². The number of hydrogen-bond acceptors (Lipinski definition) is 4. The first-order chi connectivity index (χ1) is 10.4. The third-order valence-electron chi connectivity index (χ3n) is 4.29. The summed E-state index contributed by atoms with van der Waals surface area (Å²) in [5.41, 5.74) is 9.29. The van der Waals surface area contributed by atoms with E-state index in [1.807, 2.05) is 20.8 Å². The monoisotopic (exact) mass is 325 g/mol. The molecule has 1 fully saturated rings. The highest BCUT2D eigenvalue weighted by Gasteiger charge is 2.18. The third kappa shape index (κ3) is 3.65. The van der Waals surface area contributed by atoms with Crippen molar-refractivity contribution in [3.8, 4) is 5.75 Å². The van der Waals surface area contributed by atoms with E-state index in [0.29, 0.717) is 16.5 Å². The standard InChI is InChI=1S/C16H24ClN3O2/c1-9-10(2)16(14(17)11(3)15(9)18)22-8-13(21)20-12-4-6-19-7-5-12/h12,19H,4-8,18H2,1-3H3,(H,20,21). The van der Waals surface area contributed by atoms with Gasteiger partial charge in [0.05, 0.1) is 5.02 Å². The van der Waals surface area contributed by atoms with Crippen molar-refractivity contribution in [2.45, 2.75) is 39.7 Å². The average Bonchev–Trinajstić information content (AvgIpc) is 2.52. The zero-order valence-electron chi connectivity index (χ0n) is 13.4. The van der Waals surface area contributed by atoms with Gasteiger partial charge < -0.3 is 21.1 Å². The molecule has 1 aromatic carbocycles. The lowest BCUT2D eigenvalue weighted by Crippen LogP contribution is -2.44. The van der Waals surface area contributed by atoms with Crippen LogP contribution < -0.4 is 21.1 Å². The minimum atomic E-state index is -0.116. The van der Waals surface area contributed by atoms with Crippen LogP contribution in [0.1, 0.15) is 29.5 Å². The van der Waals surface area contributed by atoms with Gasteiger partial charge in [0.15, 0.2) is 6.61 Å². The van der Waals surface area contributed by atoms with Gasteiger partial charge in [0.25, 0.3) is 5.91 Å². The number of rotatable bonds is 4. The molecule has 4 N–H and O–H groups in total. The quantitative estimate of drug-likeness (QED) is 0.741. The van der Waals surface area contributed by atoms with Crippen molar-refractivity contribution in [1.29, 1.82) is 0 Å². The number of anilines is 1. The summed E-state index contributed by atoms with van der Waals surface area (Å²) >= 11 is 6.31. The SMILES string of the molecule is Cc1c(C)c(OCC(=O)NC2CCNCC2)c(Cl)c(C)c1N. The number of nitrogens with one attached hydrogen (secondary N) is 2. The molecule has 1 aromatic rings. The predicted octanol–water partition coefficient (Wildman–Crippen LogP) is 2.09. The second-order valence-electron chi connectivity index (χ2n) is 5.81. The van der Waals surface area contributed by atoms with Gasteiger partial charge >= 0.3 is 0 Å². The molecule has 0 aromatic heterocycles. The number of hydrogen-bond donors (Lipinski definition) is 3. The third-order valence-corrected chi connectivity index (χ3v) is 4.75. The Kier molecular flexibility index (Phi) is 5.53. The topological polar surface area (TPSA) is 76.4 Å². The van der Waals surface area contributed by atoms with E-state index in [1.54, 1.807) is 0 Å². The van der Waals surface area contributed by atoms with Crippen LogP contribution in [0.25, 0.3) is 0 Å². The number of benzene rings is 1. The first-order valence-electron chi connectivity index (χ1n) is 7.59. The predicted molar refractivity (Wildman–Crippen MR) is 89.6 cm³/mol. The fraction of sp³-hybridized carbons (Fsp3) is 0.562. The Hall–Kier alpha value is -1.46. The fourth-order valence-corrected chi connectivity index (χ4v) is 2.95. The number of ether oxygens (including phenoxy) is 1. The van der Waals surface area contributed by atoms with Gasteiger partial charge in [-0.05, 0) is 63.4 Å². The summed E-state index contributed by atoms with van der Waals surface area (Å²) in [6.45, 7) is 7.52. The summed E-state index contributed by atoms with van der Waals surface area (Å²) < 4.78 is 5.67. The molecule has 122 valence electrons. The Morgan fingerprint density at radius 3 is 2.55 bits per heavy atom. The van der Waals surface area contributed by atoms with E-state index in [2.05, 4.69) is 10.6 Å². The first kappa shape index (κ1) is 16.9. The van der Waals surface area contributed by atoms with Gasteiger partial charge in [-0.15, -0.1) is 0 Å². The molecular formula is C16H24ClN3O2. The number of nitrogen functional groups attached to an aromatic ring is 1. The van der Waals surface area contributed by atoms with Crippen molar-refractivity contribution in [2.75, 3.05) is 25.4 Å². The Morgan fingerprint density at radius 1 is 1.27 bits per heavy atom. The van der Waals surface area contributed by atoms with Crippen molar-refractivity contribution in [1.82, 2.24) is 10.6 Å². The molecule has 0 radical (unpaired) electrons. The molecule has 0 bridgehead atoms. The van der Waals surface area contributed by atoms with E-state index in [9.17, 15) is 4.79 Å². The summed E-state index contributed by atoms with van der Waals surface area (Å²) in [4.78, 5) is 12.0. The minimum absolute atomic E-state index is 0.0344. The average molecular weight is 326 g/mol. The summed E-state index contributed by atoms with van der Waals surface area (Å²) in [5.74, 6) is 0.431. The van der Waals surface area contributed by atoms with Crippen LogP contribution in [0.5, 0.6) is 5.75 Å². The van der Waals surface area contributed by atoms with Crippen LogP contribution in [0.2, 0.25) is 5.02 Å². The van der Waals surface area contributed by atoms with Gasteiger partial charge in [-0.1, -0.05) is 11.6 Å². The van der Waals surface area contributed by atoms with E-state index in [-0.39, 0.29) is 18.6 Å². The number of nitrogens with two attached hydrogens (primary N) is 1. The first-order valence-corrected chi connectivity index (χ1v) is 7.97. The maximum atomic E-state index is 12.0. The van der Waals surface area contributed by atoms with Gasteiger partial charge in [0.2, 0.25) is 0 Å². The summed E-state index contributed by atoms with van der Waals surface area (Å²) in [6, 6.07) is 0.226. The molecule has 0 unspecified atom stereocenters. The second kappa shape index (κ2) is 7.20. The molecule has 1 aliphatic rings. The highest BCUT2D eigenvalue weighted by molar-refractivity contribution is 6.33. The zero-order valence-corrected chi connectivity index (χ0v) is 14.1. The summed E-state index contributed by atoms with van der Waals surface area (Å²) in [5, 5.41) is 6.75. The highest BCUT2D eigenvalue weighted by Crippen LogP contribution is 2.38. The van der Waals surface area contributed by atoms with Gasteiger partial charge in [-0.25, -0.2) is 0 Å². The largest absolute Gasteiger partial charge is 0.482 e. The van der Waals surface area contributed by atoms with Crippen LogP contribution in [0.15, 0.2) is 0 Å². The van der Waals surface area contributed by atoms with Crippen molar-refractivity contribution in [3.63, 3.8) is 0 Å². The normalized spacial score (nSPS) is 15.6. The number of halogens is 1. The molecule has 0 spiro atoms. The van der Waals surface area contributed by atoms with Crippen LogP contribution in [0.4, 0.5) is 5.69 Å². The number of carbonyl (C=O) groups excluding carboxylic acids is 1. The lowest BCUT2D eigenvalue weighted by Gasteiger charge is -2.24. The van der Waals surface area contributed by atoms with E-state index in [0.717, 1.165) is 42.6 Å². The van der Waals surface area contributed by atoms with Crippen LogP contribution in [-0.4, -0.2) is 31.6 Å². The number of piperidine rings is 1. The van der Waals surface area contributed by atoms with E-state index >= 15 is 0 Å². The Morgan fingerprint density at radius 2 is 1.91 bits per heavy atom. The molecule has 0 atom stereocenters. The Labute approximate surface area is 136 Å². The Bertz CT molecular complexity index is 540. The minimum Gasteiger partial charge on any atom is -0.482 e. The number of carbonyl (C=O) groups is 1. The van der Waals surface area contributed by atoms with Crippen LogP contribution >= 0.6 is 11.6 Å². The van der Waals surface area contributed by atoms with Gasteiger partial charge in [-0.3, -0.25) is 4.79 Å². The summed E-state index contributed by atoms with van der Waals surface area (Å²) in [7, 11) is 0. The molecule has 0 saturated carbocycles. The lowest BCUT2D eigenvalue weighted by molar-refractivity contribution is -0.123. The van der Waals surface area contributed by atoms with Gasteiger partial charge in [0, 0.05) is 11.7 Å². The molecular weight excluding hydrogens is 302 g/mol. The molecule has 2 rings (SSSR count).